The number of carbonyl (C=O) groups is 2. The van der Waals surface area contributed by atoms with Crippen molar-refractivity contribution in [2.45, 2.75) is 0 Å². The number of thioether (sulfide) groups is 4. The summed E-state index contributed by atoms with van der Waals surface area (Å²) in [5.41, 5.74) is 2.01. The number of hydrogen-bond acceptors (Lipinski definition) is 8. The van der Waals surface area contributed by atoms with E-state index in [4.69, 9.17) is 0 Å². The van der Waals surface area contributed by atoms with Gasteiger partial charge >= 0.3 is 0 Å². The molecule has 0 atom stereocenters. The van der Waals surface area contributed by atoms with Crippen LogP contribution >= 0.6 is 47.0 Å². The Bertz CT molecular complexity index is 1190. The number of nitrogens with zero attached hydrogens (tertiary/aromatic N) is 1. The Balaban J connectivity index is 1.57. The summed E-state index contributed by atoms with van der Waals surface area (Å²) in [5, 5.41) is 10.7. The SMILES string of the molecule is O=C(SC1=C(SC(=O)c2ccccc2)SC(=Cc2ccc([N+](=O)[O-])cc2)S1)c1ccccc1. The van der Waals surface area contributed by atoms with Crippen molar-refractivity contribution in [1.82, 2.24) is 0 Å². The van der Waals surface area contributed by atoms with Crippen LogP contribution in [0, 0.1) is 10.1 Å². The van der Waals surface area contributed by atoms with E-state index in [-0.39, 0.29) is 15.9 Å². The van der Waals surface area contributed by atoms with Crippen molar-refractivity contribution in [1.29, 1.82) is 0 Å². The standard InChI is InChI=1S/C24H15NO4S4/c26-21(17-7-3-1-4-8-17)32-23-24(33-22(27)18-9-5-2-6-10-18)31-20(30-23)15-16-11-13-19(14-12-16)25(28)29/h1-15H. The van der Waals surface area contributed by atoms with Crippen LogP contribution < -0.4 is 0 Å². The number of carbonyl (C=O) groups excluding carboxylic acids is 2. The number of nitro benzene ring substituents is 1. The Hall–Kier alpha value is -2.72. The Morgan fingerprint density at radius 2 is 1.18 bits per heavy atom. The zero-order valence-corrected chi connectivity index (χ0v) is 20.1. The van der Waals surface area contributed by atoms with Gasteiger partial charge in [0.2, 0.25) is 10.2 Å². The van der Waals surface area contributed by atoms with Gasteiger partial charge in [-0.3, -0.25) is 19.7 Å². The first-order valence-corrected chi connectivity index (χ1v) is 12.9. The van der Waals surface area contributed by atoms with E-state index in [1.54, 1.807) is 36.4 Å². The molecule has 5 nitrogen and oxygen atoms in total. The average molecular weight is 510 g/mol. The first-order valence-electron chi connectivity index (χ1n) is 9.60. The van der Waals surface area contributed by atoms with Gasteiger partial charge < -0.3 is 0 Å². The van der Waals surface area contributed by atoms with E-state index >= 15 is 0 Å². The van der Waals surface area contributed by atoms with E-state index in [0.717, 1.165) is 41.8 Å². The molecule has 0 unspecified atom stereocenters. The molecule has 0 amide bonds. The molecule has 0 aromatic heterocycles. The summed E-state index contributed by atoms with van der Waals surface area (Å²) in [6.45, 7) is 0. The second-order valence-corrected chi connectivity index (χ2v) is 11.4. The summed E-state index contributed by atoms with van der Waals surface area (Å²) >= 11 is 5.06. The zero-order valence-electron chi connectivity index (χ0n) is 16.9. The highest BCUT2D eigenvalue weighted by atomic mass is 32.3. The van der Waals surface area contributed by atoms with Gasteiger partial charge in [-0.2, -0.15) is 0 Å². The van der Waals surface area contributed by atoms with Gasteiger partial charge in [-0.15, -0.1) is 0 Å². The lowest BCUT2D eigenvalue weighted by atomic mass is 10.2. The molecule has 164 valence electrons. The van der Waals surface area contributed by atoms with Crippen LogP contribution in [0.15, 0.2) is 97.6 Å². The second-order valence-electron chi connectivity index (χ2n) is 6.60. The first-order chi connectivity index (χ1) is 16.0. The number of benzene rings is 3. The molecule has 3 aromatic rings. The number of nitro groups is 1. The summed E-state index contributed by atoms with van der Waals surface area (Å²) in [7, 11) is 0. The average Bonchev–Trinajstić information content (AvgIpc) is 3.20. The minimum Gasteiger partial charge on any atom is -0.281 e. The fourth-order valence-corrected chi connectivity index (χ4v) is 7.98. The summed E-state index contributed by atoms with van der Waals surface area (Å²) in [4.78, 5) is 36.0. The van der Waals surface area contributed by atoms with Gasteiger partial charge in [0.25, 0.3) is 5.69 Å². The topological polar surface area (TPSA) is 77.3 Å². The maximum Gasteiger partial charge on any atom is 0.269 e. The molecule has 1 heterocycles. The lowest BCUT2D eigenvalue weighted by Gasteiger charge is -2.04. The molecule has 0 fully saturated rings. The molecule has 1 aliphatic heterocycles. The quantitative estimate of drug-likeness (QED) is 0.248. The Labute approximate surface area is 207 Å². The zero-order chi connectivity index (χ0) is 23.2. The van der Waals surface area contributed by atoms with Crippen LogP contribution in [0.4, 0.5) is 5.69 Å². The molecular formula is C24H15NO4S4. The highest BCUT2D eigenvalue weighted by Crippen LogP contribution is 2.58. The molecule has 3 aromatic carbocycles. The third-order valence-corrected chi connectivity index (χ3v) is 9.39. The monoisotopic (exact) mass is 509 g/mol. The Morgan fingerprint density at radius 1 is 0.727 bits per heavy atom. The summed E-state index contributed by atoms with van der Waals surface area (Å²) in [6.07, 6.45) is 1.90. The molecule has 9 heteroatoms. The van der Waals surface area contributed by atoms with Crippen molar-refractivity contribution >= 4 is 69.0 Å². The molecule has 0 bridgehead atoms. The number of rotatable bonds is 6. The largest absolute Gasteiger partial charge is 0.281 e. The van der Waals surface area contributed by atoms with Crippen LogP contribution in [0.1, 0.15) is 26.3 Å². The predicted octanol–water partition coefficient (Wildman–Crippen LogP) is 7.65. The molecule has 0 saturated heterocycles. The van der Waals surface area contributed by atoms with Crippen molar-refractivity contribution < 1.29 is 14.5 Å². The van der Waals surface area contributed by atoms with E-state index < -0.39 is 4.92 Å². The van der Waals surface area contributed by atoms with E-state index in [2.05, 4.69) is 0 Å². The minimum atomic E-state index is -0.439. The fraction of sp³-hybridized carbons (Fsp3) is 0. The highest BCUT2D eigenvalue weighted by molar-refractivity contribution is 8.44. The smallest absolute Gasteiger partial charge is 0.269 e. The second kappa shape index (κ2) is 10.9. The van der Waals surface area contributed by atoms with Gasteiger partial charge in [0, 0.05) is 23.3 Å². The van der Waals surface area contributed by atoms with Crippen molar-refractivity contribution in [3.8, 4) is 0 Å². The summed E-state index contributed by atoms with van der Waals surface area (Å²) in [6, 6.07) is 24.3. The normalized spacial score (nSPS) is 13.2. The number of hydrogen-bond donors (Lipinski definition) is 0. The molecule has 1 aliphatic rings. The van der Waals surface area contributed by atoms with Gasteiger partial charge in [-0.1, -0.05) is 84.2 Å². The Kier molecular flexibility index (Phi) is 7.77. The van der Waals surface area contributed by atoms with E-state index in [1.165, 1.54) is 35.7 Å². The maximum absolute atomic E-state index is 12.8. The van der Waals surface area contributed by atoms with Crippen LogP contribution in [0.5, 0.6) is 0 Å². The van der Waals surface area contributed by atoms with E-state index in [9.17, 15) is 19.7 Å². The Morgan fingerprint density at radius 3 is 1.61 bits per heavy atom. The van der Waals surface area contributed by atoms with Crippen molar-refractivity contribution in [2.75, 3.05) is 0 Å². The minimum absolute atomic E-state index is 0.0245. The highest BCUT2D eigenvalue weighted by Gasteiger charge is 2.27. The fourth-order valence-electron chi connectivity index (χ4n) is 2.73. The van der Waals surface area contributed by atoms with Crippen LogP contribution in [0.3, 0.4) is 0 Å². The van der Waals surface area contributed by atoms with Crippen LogP contribution in [-0.2, 0) is 0 Å². The van der Waals surface area contributed by atoms with Gasteiger partial charge in [-0.25, -0.2) is 0 Å². The van der Waals surface area contributed by atoms with Gasteiger partial charge in [0.1, 0.15) is 0 Å². The van der Waals surface area contributed by atoms with Crippen LogP contribution in [0.25, 0.3) is 6.08 Å². The molecule has 0 radical (unpaired) electrons. The molecule has 0 saturated carbocycles. The summed E-state index contributed by atoms with van der Waals surface area (Å²) in [5.74, 6) is 0. The lowest BCUT2D eigenvalue weighted by molar-refractivity contribution is -0.384. The molecular weight excluding hydrogens is 495 g/mol. The molecule has 0 spiro atoms. The van der Waals surface area contributed by atoms with Gasteiger partial charge in [0.15, 0.2) is 0 Å². The molecule has 0 N–H and O–H groups in total. The molecule has 0 aliphatic carbocycles. The first kappa shape index (κ1) is 23.4. The third-order valence-electron chi connectivity index (χ3n) is 4.33. The summed E-state index contributed by atoms with van der Waals surface area (Å²) < 4.78 is 2.38. The van der Waals surface area contributed by atoms with Crippen molar-refractivity contribution in [3.63, 3.8) is 0 Å². The predicted molar refractivity (Wildman–Crippen MR) is 140 cm³/mol. The molecule has 4 rings (SSSR count). The van der Waals surface area contributed by atoms with Crippen LogP contribution in [0.2, 0.25) is 0 Å². The van der Waals surface area contributed by atoms with Crippen LogP contribution in [-0.4, -0.2) is 15.2 Å². The molecule has 33 heavy (non-hydrogen) atoms. The van der Waals surface area contributed by atoms with Crippen molar-refractivity contribution in [3.05, 3.63) is 124 Å². The maximum atomic E-state index is 12.8. The van der Waals surface area contributed by atoms with Gasteiger partial charge in [0.05, 0.1) is 17.6 Å². The van der Waals surface area contributed by atoms with Gasteiger partial charge in [-0.05, 0) is 47.3 Å². The third kappa shape index (κ3) is 6.20. The lowest BCUT2D eigenvalue weighted by Crippen LogP contribution is -1.94. The van der Waals surface area contributed by atoms with E-state index in [1.807, 2.05) is 42.5 Å². The van der Waals surface area contributed by atoms with Crippen molar-refractivity contribution in [2.24, 2.45) is 0 Å². The van der Waals surface area contributed by atoms with E-state index in [0.29, 0.717) is 11.1 Å². The number of non-ortho nitro benzene ring substituents is 1.